The lowest BCUT2D eigenvalue weighted by atomic mass is 10.1. The number of thioether (sulfide) groups is 1. The average Bonchev–Trinajstić information content (AvgIpc) is 3.05. The van der Waals surface area contributed by atoms with E-state index in [1.807, 2.05) is 55.5 Å². The van der Waals surface area contributed by atoms with Gasteiger partial charge in [-0.1, -0.05) is 12.1 Å². The molecule has 1 saturated heterocycles. The van der Waals surface area contributed by atoms with Crippen molar-refractivity contribution in [2.45, 2.75) is 12.3 Å². The van der Waals surface area contributed by atoms with Crippen molar-refractivity contribution in [3.05, 3.63) is 54.1 Å². The molecule has 1 N–H and O–H groups in total. The summed E-state index contributed by atoms with van der Waals surface area (Å²) >= 11 is 7.08. The van der Waals surface area contributed by atoms with Crippen molar-refractivity contribution in [1.82, 2.24) is 0 Å². The van der Waals surface area contributed by atoms with Gasteiger partial charge >= 0.3 is 0 Å². The summed E-state index contributed by atoms with van der Waals surface area (Å²) in [6.45, 7) is 2.54. The fourth-order valence-corrected chi connectivity index (χ4v) is 3.99. The molecule has 26 heavy (non-hydrogen) atoms. The Labute approximate surface area is 161 Å². The second-order valence-electron chi connectivity index (χ2n) is 5.66. The molecule has 0 aliphatic carbocycles. The average molecular weight is 391 g/mol. The van der Waals surface area contributed by atoms with Gasteiger partial charge in [0.05, 0.1) is 12.4 Å². The number of alkyl halides is 1. The minimum atomic E-state index is -0.249. The minimum absolute atomic E-state index is 0.0729. The second kappa shape index (κ2) is 8.47. The SMILES string of the molecule is CCOc1ccc(N2C(=O)CSC2c2ccc(NC(=O)CCl)cc2)cc1. The van der Waals surface area contributed by atoms with Crippen LogP contribution in [0.25, 0.3) is 0 Å². The van der Waals surface area contributed by atoms with Crippen molar-refractivity contribution in [1.29, 1.82) is 0 Å². The van der Waals surface area contributed by atoms with Gasteiger partial charge < -0.3 is 10.1 Å². The van der Waals surface area contributed by atoms with Gasteiger partial charge in [-0.15, -0.1) is 23.4 Å². The van der Waals surface area contributed by atoms with Gasteiger partial charge in [-0.2, -0.15) is 0 Å². The van der Waals surface area contributed by atoms with Crippen LogP contribution in [0.5, 0.6) is 5.75 Å². The van der Waals surface area contributed by atoms with E-state index in [0.29, 0.717) is 18.0 Å². The maximum absolute atomic E-state index is 12.4. The molecule has 1 atom stereocenters. The number of ether oxygens (including phenoxy) is 1. The molecule has 0 spiro atoms. The lowest BCUT2D eigenvalue weighted by molar-refractivity contribution is -0.116. The zero-order valence-corrected chi connectivity index (χ0v) is 15.8. The Morgan fingerprint density at radius 3 is 2.54 bits per heavy atom. The first-order chi connectivity index (χ1) is 12.6. The molecule has 2 amide bonds. The summed E-state index contributed by atoms with van der Waals surface area (Å²) in [6.07, 6.45) is 0. The fraction of sp³-hybridized carbons (Fsp3) is 0.263. The highest BCUT2D eigenvalue weighted by molar-refractivity contribution is 8.00. The number of nitrogens with one attached hydrogen (secondary N) is 1. The van der Waals surface area contributed by atoms with Gasteiger partial charge in [-0.05, 0) is 48.9 Å². The summed E-state index contributed by atoms with van der Waals surface area (Å²) in [4.78, 5) is 25.6. The maximum atomic E-state index is 12.4. The number of hydrogen-bond donors (Lipinski definition) is 1. The molecule has 0 saturated carbocycles. The van der Waals surface area contributed by atoms with E-state index in [1.165, 1.54) is 0 Å². The lowest BCUT2D eigenvalue weighted by Crippen LogP contribution is -2.27. The Morgan fingerprint density at radius 1 is 1.23 bits per heavy atom. The highest BCUT2D eigenvalue weighted by Gasteiger charge is 2.34. The predicted octanol–water partition coefficient (Wildman–Crippen LogP) is 4.04. The van der Waals surface area contributed by atoms with Gasteiger partial charge in [0, 0.05) is 11.4 Å². The molecule has 7 heteroatoms. The summed E-state index contributed by atoms with van der Waals surface area (Å²) in [7, 11) is 0. The number of hydrogen-bond acceptors (Lipinski definition) is 4. The van der Waals surface area contributed by atoms with Gasteiger partial charge in [0.1, 0.15) is 17.0 Å². The van der Waals surface area contributed by atoms with E-state index in [1.54, 1.807) is 16.7 Å². The van der Waals surface area contributed by atoms with E-state index < -0.39 is 0 Å². The van der Waals surface area contributed by atoms with Crippen LogP contribution in [0.3, 0.4) is 0 Å². The Morgan fingerprint density at radius 2 is 1.92 bits per heavy atom. The standard InChI is InChI=1S/C19H19ClN2O3S/c1-2-25-16-9-7-15(8-10-16)22-18(24)12-26-19(22)13-3-5-14(6-4-13)21-17(23)11-20/h3-10,19H,2,11-12H2,1H3,(H,21,23). The van der Waals surface area contributed by atoms with E-state index in [4.69, 9.17) is 16.3 Å². The molecule has 1 aliphatic rings. The van der Waals surface area contributed by atoms with Crippen molar-refractivity contribution < 1.29 is 14.3 Å². The number of amides is 2. The molecular formula is C19H19ClN2O3S. The monoisotopic (exact) mass is 390 g/mol. The maximum Gasteiger partial charge on any atom is 0.239 e. The summed E-state index contributed by atoms with van der Waals surface area (Å²) < 4.78 is 5.46. The molecule has 1 unspecified atom stereocenters. The van der Waals surface area contributed by atoms with Crippen LogP contribution in [-0.4, -0.2) is 30.1 Å². The molecule has 2 aromatic carbocycles. The summed E-state index contributed by atoms with van der Waals surface area (Å²) in [5.41, 5.74) is 2.52. The highest BCUT2D eigenvalue weighted by Crippen LogP contribution is 2.42. The molecule has 0 aromatic heterocycles. The van der Waals surface area contributed by atoms with Gasteiger partial charge in [-0.25, -0.2) is 0 Å². The van der Waals surface area contributed by atoms with Crippen molar-refractivity contribution in [3.63, 3.8) is 0 Å². The second-order valence-corrected chi connectivity index (χ2v) is 6.99. The lowest BCUT2D eigenvalue weighted by Gasteiger charge is -2.24. The Balaban J connectivity index is 1.80. The zero-order valence-electron chi connectivity index (χ0n) is 14.3. The van der Waals surface area contributed by atoms with Crippen LogP contribution in [0.1, 0.15) is 17.9 Å². The van der Waals surface area contributed by atoms with Gasteiger partial charge in [0.15, 0.2) is 0 Å². The molecular weight excluding hydrogens is 372 g/mol. The van der Waals surface area contributed by atoms with Crippen LogP contribution < -0.4 is 15.0 Å². The third-order valence-electron chi connectivity index (χ3n) is 3.89. The van der Waals surface area contributed by atoms with E-state index in [-0.39, 0.29) is 23.1 Å². The molecule has 0 radical (unpaired) electrons. The Hall–Kier alpha value is -2.18. The number of carbonyl (C=O) groups is 2. The molecule has 3 rings (SSSR count). The van der Waals surface area contributed by atoms with Crippen LogP contribution in [0.15, 0.2) is 48.5 Å². The fourth-order valence-electron chi connectivity index (χ4n) is 2.74. The predicted molar refractivity (Wildman–Crippen MR) is 106 cm³/mol. The number of rotatable bonds is 6. The first kappa shape index (κ1) is 18.6. The number of carbonyl (C=O) groups excluding carboxylic acids is 2. The zero-order chi connectivity index (χ0) is 18.5. The van der Waals surface area contributed by atoms with Gasteiger partial charge in [0.25, 0.3) is 0 Å². The third kappa shape index (κ3) is 4.14. The molecule has 136 valence electrons. The van der Waals surface area contributed by atoms with E-state index in [0.717, 1.165) is 17.0 Å². The van der Waals surface area contributed by atoms with Gasteiger partial charge in [-0.3, -0.25) is 14.5 Å². The number of anilines is 2. The first-order valence-electron chi connectivity index (χ1n) is 8.24. The van der Waals surface area contributed by atoms with Crippen molar-refractivity contribution in [2.24, 2.45) is 0 Å². The van der Waals surface area contributed by atoms with E-state index in [2.05, 4.69) is 5.32 Å². The normalized spacial score (nSPS) is 16.6. The third-order valence-corrected chi connectivity index (χ3v) is 5.35. The Kier molecular flexibility index (Phi) is 6.06. The Bertz CT molecular complexity index is 780. The van der Waals surface area contributed by atoms with Crippen LogP contribution in [0.4, 0.5) is 11.4 Å². The summed E-state index contributed by atoms with van der Waals surface area (Å²) in [5, 5.41) is 2.61. The van der Waals surface area contributed by atoms with Gasteiger partial charge in [0.2, 0.25) is 11.8 Å². The van der Waals surface area contributed by atoms with Crippen LogP contribution in [-0.2, 0) is 9.59 Å². The first-order valence-corrected chi connectivity index (χ1v) is 9.83. The highest BCUT2D eigenvalue weighted by atomic mass is 35.5. The van der Waals surface area contributed by atoms with Crippen LogP contribution in [0.2, 0.25) is 0 Å². The quantitative estimate of drug-likeness (QED) is 0.756. The summed E-state index contributed by atoms with van der Waals surface area (Å²) in [6, 6.07) is 15.0. The topological polar surface area (TPSA) is 58.6 Å². The van der Waals surface area contributed by atoms with Crippen molar-refractivity contribution in [3.8, 4) is 5.75 Å². The number of nitrogens with zero attached hydrogens (tertiary/aromatic N) is 1. The molecule has 0 bridgehead atoms. The smallest absolute Gasteiger partial charge is 0.239 e. The molecule has 1 heterocycles. The molecule has 5 nitrogen and oxygen atoms in total. The summed E-state index contributed by atoms with van der Waals surface area (Å²) in [5.74, 6) is 0.957. The molecule has 1 fully saturated rings. The van der Waals surface area contributed by atoms with E-state index in [9.17, 15) is 9.59 Å². The molecule has 2 aromatic rings. The minimum Gasteiger partial charge on any atom is -0.494 e. The molecule has 1 aliphatic heterocycles. The van der Waals surface area contributed by atoms with Crippen LogP contribution in [0, 0.1) is 0 Å². The van der Waals surface area contributed by atoms with Crippen molar-refractivity contribution >= 4 is 46.6 Å². The number of halogens is 1. The largest absolute Gasteiger partial charge is 0.494 e. The van der Waals surface area contributed by atoms with Crippen molar-refractivity contribution in [2.75, 3.05) is 28.5 Å². The number of benzene rings is 2. The van der Waals surface area contributed by atoms with E-state index >= 15 is 0 Å². The van der Waals surface area contributed by atoms with Crippen LogP contribution >= 0.6 is 23.4 Å².